The quantitative estimate of drug-likeness (QED) is 0.262. The molecule has 2 aromatic carbocycles. The average Bonchev–Trinajstić information content (AvgIpc) is 2.69. The zero-order valence-electron chi connectivity index (χ0n) is 14.1. The SMILES string of the molecule is O=C(N/N=C\c1cc(I)c(OCc2ccccc2)c(I)c1)c1cccnc1. The van der Waals surface area contributed by atoms with E-state index in [9.17, 15) is 4.79 Å². The number of aromatic nitrogens is 1. The predicted octanol–water partition coefficient (Wildman–Crippen LogP) is 4.63. The first-order chi connectivity index (χ1) is 13.1. The summed E-state index contributed by atoms with van der Waals surface area (Å²) in [6.45, 7) is 0.515. The maximum absolute atomic E-state index is 12.0. The van der Waals surface area contributed by atoms with E-state index in [1.165, 1.54) is 6.20 Å². The average molecular weight is 583 g/mol. The van der Waals surface area contributed by atoms with Gasteiger partial charge < -0.3 is 4.74 Å². The maximum Gasteiger partial charge on any atom is 0.272 e. The first-order valence-corrected chi connectivity index (χ1v) is 10.2. The summed E-state index contributed by atoms with van der Waals surface area (Å²) < 4.78 is 7.94. The molecule has 0 atom stereocenters. The van der Waals surface area contributed by atoms with Crippen LogP contribution in [0.4, 0.5) is 0 Å². The van der Waals surface area contributed by atoms with Gasteiger partial charge in [-0.1, -0.05) is 30.3 Å². The molecular weight excluding hydrogens is 568 g/mol. The smallest absolute Gasteiger partial charge is 0.272 e. The van der Waals surface area contributed by atoms with Gasteiger partial charge in [-0.15, -0.1) is 0 Å². The van der Waals surface area contributed by atoms with E-state index in [-0.39, 0.29) is 5.91 Å². The van der Waals surface area contributed by atoms with E-state index in [1.54, 1.807) is 24.5 Å². The van der Waals surface area contributed by atoms with Crippen LogP contribution in [0.3, 0.4) is 0 Å². The highest BCUT2D eigenvalue weighted by molar-refractivity contribution is 14.1. The summed E-state index contributed by atoms with van der Waals surface area (Å²) in [5.74, 6) is 0.545. The fourth-order valence-corrected chi connectivity index (χ4v) is 4.38. The van der Waals surface area contributed by atoms with Crippen molar-refractivity contribution in [1.29, 1.82) is 0 Å². The monoisotopic (exact) mass is 583 g/mol. The number of hydrazone groups is 1. The minimum atomic E-state index is -0.299. The fourth-order valence-electron chi connectivity index (χ4n) is 2.25. The van der Waals surface area contributed by atoms with Crippen molar-refractivity contribution >= 4 is 57.3 Å². The molecule has 1 amide bonds. The first kappa shape index (κ1) is 19.7. The van der Waals surface area contributed by atoms with E-state index in [1.807, 2.05) is 42.5 Å². The largest absolute Gasteiger partial charge is 0.487 e. The molecule has 1 N–H and O–H groups in total. The molecule has 0 unspecified atom stereocenters. The van der Waals surface area contributed by atoms with Crippen LogP contribution in [0.25, 0.3) is 0 Å². The van der Waals surface area contributed by atoms with Gasteiger partial charge in [0.15, 0.2) is 0 Å². The van der Waals surface area contributed by atoms with Gasteiger partial charge in [0.2, 0.25) is 0 Å². The molecule has 27 heavy (non-hydrogen) atoms. The van der Waals surface area contributed by atoms with Crippen LogP contribution in [0.2, 0.25) is 0 Å². The summed E-state index contributed by atoms with van der Waals surface area (Å²) in [5, 5.41) is 4.02. The van der Waals surface area contributed by atoms with Crippen molar-refractivity contribution in [3.05, 3.63) is 90.8 Å². The van der Waals surface area contributed by atoms with Crippen molar-refractivity contribution in [3.63, 3.8) is 0 Å². The number of ether oxygens (including phenoxy) is 1. The van der Waals surface area contributed by atoms with Gasteiger partial charge in [0.05, 0.1) is 18.9 Å². The summed E-state index contributed by atoms with van der Waals surface area (Å²) in [6, 6.07) is 17.4. The van der Waals surface area contributed by atoms with E-state index in [0.717, 1.165) is 24.0 Å². The van der Waals surface area contributed by atoms with Crippen LogP contribution in [-0.2, 0) is 6.61 Å². The molecule has 0 aliphatic carbocycles. The Kier molecular flexibility index (Phi) is 7.16. The van der Waals surface area contributed by atoms with Gasteiger partial charge in [-0.3, -0.25) is 9.78 Å². The van der Waals surface area contributed by atoms with E-state index >= 15 is 0 Å². The fraction of sp³-hybridized carbons (Fsp3) is 0.0500. The van der Waals surface area contributed by atoms with Crippen LogP contribution in [0, 0.1) is 7.14 Å². The minimum Gasteiger partial charge on any atom is -0.487 e. The molecule has 0 bridgehead atoms. The predicted molar refractivity (Wildman–Crippen MR) is 122 cm³/mol. The Balaban J connectivity index is 1.64. The van der Waals surface area contributed by atoms with Crippen molar-refractivity contribution in [2.24, 2.45) is 5.10 Å². The maximum atomic E-state index is 12.0. The van der Waals surface area contributed by atoms with Gasteiger partial charge in [-0.25, -0.2) is 5.43 Å². The van der Waals surface area contributed by atoms with Crippen LogP contribution in [0.5, 0.6) is 5.75 Å². The molecule has 5 nitrogen and oxygen atoms in total. The van der Waals surface area contributed by atoms with Gasteiger partial charge in [0, 0.05) is 12.4 Å². The molecule has 7 heteroatoms. The number of rotatable bonds is 6. The number of amides is 1. The molecule has 136 valence electrons. The Morgan fingerprint density at radius 3 is 2.52 bits per heavy atom. The number of pyridine rings is 1. The summed E-state index contributed by atoms with van der Waals surface area (Å²) in [6.07, 6.45) is 4.72. The molecule has 0 fully saturated rings. The van der Waals surface area contributed by atoms with E-state index in [4.69, 9.17) is 4.74 Å². The Labute approximate surface area is 184 Å². The Morgan fingerprint density at radius 1 is 1.11 bits per heavy atom. The Morgan fingerprint density at radius 2 is 1.85 bits per heavy atom. The lowest BCUT2D eigenvalue weighted by atomic mass is 10.2. The van der Waals surface area contributed by atoms with E-state index in [0.29, 0.717) is 12.2 Å². The van der Waals surface area contributed by atoms with Gasteiger partial charge >= 0.3 is 0 Å². The van der Waals surface area contributed by atoms with Crippen LogP contribution >= 0.6 is 45.2 Å². The number of nitrogens with zero attached hydrogens (tertiary/aromatic N) is 2. The Hall–Kier alpha value is -2.01. The van der Waals surface area contributed by atoms with Gasteiger partial charge in [0.25, 0.3) is 5.91 Å². The molecule has 1 aromatic heterocycles. The first-order valence-electron chi connectivity index (χ1n) is 8.02. The topological polar surface area (TPSA) is 63.6 Å². The highest BCUT2D eigenvalue weighted by Gasteiger charge is 2.09. The summed E-state index contributed by atoms with van der Waals surface area (Å²) in [7, 11) is 0. The highest BCUT2D eigenvalue weighted by atomic mass is 127. The molecule has 1 heterocycles. The number of carbonyl (C=O) groups is 1. The number of nitrogens with one attached hydrogen (secondary N) is 1. The molecule has 3 aromatic rings. The van der Waals surface area contributed by atoms with Crippen molar-refractivity contribution in [1.82, 2.24) is 10.4 Å². The molecule has 0 spiro atoms. The minimum absolute atomic E-state index is 0.299. The molecule has 0 radical (unpaired) electrons. The van der Waals surface area contributed by atoms with Crippen molar-refractivity contribution in [2.75, 3.05) is 0 Å². The second-order valence-corrected chi connectivity index (χ2v) is 7.85. The van der Waals surface area contributed by atoms with Crippen molar-refractivity contribution < 1.29 is 9.53 Å². The molecule has 0 aliphatic heterocycles. The highest BCUT2D eigenvalue weighted by Crippen LogP contribution is 2.29. The molecule has 0 saturated heterocycles. The number of carbonyl (C=O) groups excluding carboxylic acids is 1. The van der Waals surface area contributed by atoms with Crippen LogP contribution < -0.4 is 10.2 Å². The van der Waals surface area contributed by atoms with Crippen LogP contribution in [-0.4, -0.2) is 17.1 Å². The second-order valence-electron chi connectivity index (χ2n) is 5.53. The molecule has 3 rings (SSSR count). The van der Waals surface area contributed by atoms with Gasteiger partial charge in [-0.05, 0) is 80.6 Å². The summed E-state index contributed by atoms with van der Waals surface area (Å²) in [4.78, 5) is 15.9. The number of hydrogen-bond acceptors (Lipinski definition) is 4. The van der Waals surface area contributed by atoms with Crippen LogP contribution in [0.15, 0.2) is 72.1 Å². The van der Waals surface area contributed by atoms with Gasteiger partial charge in [0.1, 0.15) is 12.4 Å². The molecule has 0 saturated carbocycles. The lowest BCUT2D eigenvalue weighted by molar-refractivity contribution is 0.0955. The third-order valence-electron chi connectivity index (χ3n) is 3.55. The summed E-state index contributed by atoms with van der Waals surface area (Å²) in [5.41, 5.74) is 4.96. The van der Waals surface area contributed by atoms with Gasteiger partial charge in [-0.2, -0.15) is 5.10 Å². The number of benzene rings is 2. The number of hydrogen-bond donors (Lipinski definition) is 1. The number of halogens is 2. The third kappa shape index (κ3) is 5.73. The van der Waals surface area contributed by atoms with Crippen molar-refractivity contribution in [3.8, 4) is 5.75 Å². The van der Waals surface area contributed by atoms with Crippen LogP contribution in [0.1, 0.15) is 21.5 Å². The Bertz CT molecular complexity index is 925. The normalized spacial score (nSPS) is 10.7. The molecular formula is C20H15I2N3O2. The zero-order valence-corrected chi connectivity index (χ0v) is 18.4. The zero-order chi connectivity index (χ0) is 19.1. The summed E-state index contributed by atoms with van der Waals surface area (Å²) >= 11 is 4.48. The lowest BCUT2D eigenvalue weighted by Crippen LogP contribution is -2.17. The van der Waals surface area contributed by atoms with E-state index < -0.39 is 0 Å². The van der Waals surface area contributed by atoms with E-state index in [2.05, 4.69) is 60.7 Å². The third-order valence-corrected chi connectivity index (χ3v) is 5.15. The van der Waals surface area contributed by atoms with Crippen molar-refractivity contribution in [2.45, 2.75) is 6.61 Å². The lowest BCUT2D eigenvalue weighted by Gasteiger charge is -2.11. The standard InChI is InChI=1S/C20H15I2N3O2/c21-17-9-15(11-24-25-20(26)16-7-4-8-23-12-16)10-18(22)19(17)27-13-14-5-2-1-3-6-14/h1-12H,13H2,(H,25,26)/b24-11-. The second kappa shape index (κ2) is 9.79. The molecule has 0 aliphatic rings.